The number of anilines is 1. The zero-order chi connectivity index (χ0) is 19.6. The highest BCUT2D eigenvalue weighted by molar-refractivity contribution is 7.80. The Morgan fingerprint density at radius 1 is 1.04 bits per heavy atom. The predicted molar refractivity (Wildman–Crippen MR) is 93.8 cm³/mol. The molecule has 0 bridgehead atoms. The number of ether oxygens (including phenoxy) is 3. The van der Waals surface area contributed by atoms with Crippen LogP contribution in [0.4, 0.5) is 14.5 Å². The van der Waals surface area contributed by atoms with Crippen LogP contribution in [0.5, 0.6) is 23.0 Å². The van der Waals surface area contributed by atoms with E-state index in [1.54, 1.807) is 16.9 Å². The second kappa shape index (κ2) is 7.72. The number of halogens is 2. The molecule has 10 heteroatoms. The molecule has 3 aromatic rings. The van der Waals surface area contributed by atoms with Gasteiger partial charge in [0.1, 0.15) is 17.2 Å². The zero-order valence-corrected chi connectivity index (χ0v) is 14.9. The van der Waals surface area contributed by atoms with Crippen LogP contribution in [0.2, 0.25) is 0 Å². The van der Waals surface area contributed by atoms with Crippen molar-refractivity contribution >= 4 is 27.9 Å². The molecule has 0 saturated carbocycles. The molecule has 142 valence electrons. The first-order valence-electron chi connectivity index (χ1n) is 7.46. The second-order valence-electron chi connectivity index (χ2n) is 5.23. The number of rotatable bonds is 6. The molecule has 0 aliphatic rings. The van der Waals surface area contributed by atoms with Gasteiger partial charge in [-0.25, -0.2) is 8.78 Å². The summed E-state index contributed by atoms with van der Waals surface area (Å²) in [5, 5.41) is 0.527. The van der Waals surface area contributed by atoms with E-state index in [2.05, 4.69) is 4.98 Å². The summed E-state index contributed by atoms with van der Waals surface area (Å²) in [6.45, 7) is 0. The Labute approximate surface area is 155 Å². The maximum atomic E-state index is 14.0. The molecule has 1 N–H and O–H groups in total. The van der Waals surface area contributed by atoms with Gasteiger partial charge in [-0.2, -0.15) is 0 Å². The Kier molecular flexibility index (Phi) is 5.38. The summed E-state index contributed by atoms with van der Waals surface area (Å²) in [5.74, 6) is -1.23. The number of hydrogen-bond acceptors (Lipinski definition) is 6. The average molecular weight is 395 g/mol. The van der Waals surface area contributed by atoms with E-state index in [1.165, 1.54) is 26.5 Å². The number of fused-ring (bicyclic) bond motifs is 1. The van der Waals surface area contributed by atoms with Gasteiger partial charge < -0.3 is 23.5 Å². The topological polar surface area (TPSA) is 92.7 Å². The first kappa shape index (κ1) is 18.8. The number of nitrogens with zero attached hydrogens (tertiary/aromatic N) is 1. The van der Waals surface area contributed by atoms with Crippen molar-refractivity contribution in [2.75, 3.05) is 18.9 Å². The molecule has 1 heterocycles. The number of benzene rings is 2. The molecule has 0 fully saturated rings. The summed E-state index contributed by atoms with van der Waals surface area (Å²) < 4.78 is 66.9. The minimum atomic E-state index is -2.86. The minimum absolute atomic E-state index is 0.158. The molecule has 2 aromatic carbocycles. The summed E-state index contributed by atoms with van der Waals surface area (Å²) in [6.07, 6.45) is 1.47. The normalized spacial score (nSPS) is 11.9. The third kappa shape index (κ3) is 3.91. The Hall–Kier alpha value is -2.98. The number of methoxy groups -OCH3 is 2. The van der Waals surface area contributed by atoms with Gasteiger partial charge in [0.2, 0.25) is 0 Å². The van der Waals surface area contributed by atoms with Crippen LogP contribution in [0.1, 0.15) is 0 Å². The Morgan fingerprint density at radius 3 is 2.26 bits per heavy atom. The van der Waals surface area contributed by atoms with Crippen LogP contribution in [0.25, 0.3) is 10.9 Å². The molecule has 0 spiro atoms. The quantitative estimate of drug-likeness (QED) is 0.642. The molecule has 0 saturated heterocycles. The van der Waals surface area contributed by atoms with E-state index in [-0.39, 0.29) is 11.5 Å². The van der Waals surface area contributed by atoms with Gasteiger partial charge in [-0.3, -0.25) is 9.19 Å². The van der Waals surface area contributed by atoms with Crippen LogP contribution in [0.15, 0.2) is 36.5 Å². The monoisotopic (exact) mass is 395 g/mol. The lowest BCUT2D eigenvalue weighted by Gasteiger charge is -2.14. The van der Waals surface area contributed by atoms with Crippen molar-refractivity contribution in [3.05, 3.63) is 48.2 Å². The predicted octanol–water partition coefficient (Wildman–Crippen LogP) is 3.53. The molecule has 3 rings (SSSR count). The molecule has 27 heavy (non-hydrogen) atoms. The van der Waals surface area contributed by atoms with Gasteiger partial charge in [-0.15, -0.1) is 0 Å². The lowest BCUT2D eigenvalue weighted by atomic mass is 10.2. The van der Waals surface area contributed by atoms with Crippen LogP contribution < -0.4 is 18.9 Å². The average Bonchev–Trinajstić information content (AvgIpc) is 2.63. The lowest BCUT2D eigenvalue weighted by Crippen LogP contribution is -2.06. The van der Waals surface area contributed by atoms with E-state index in [9.17, 15) is 17.5 Å². The van der Waals surface area contributed by atoms with Crippen LogP contribution in [-0.2, 0) is 11.3 Å². The Balaban J connectivity index is 2.03. The van der Waals surface area contributed by atoms with Crippen molar-refractivity contribution in [3.8, 4) is 23.0 Å². The summed E-state index contributed by atoms with van der Waals surface area (Å²) in [4.78, 5) is 4.21. The minimum Gasteiger partial charge on any atom is -0.755 e. The van der Waals surface area contributed by atoms with Crippen molar-refractivity contribution in [3.63, 3.8) is 0 Å². The molecule has 0 amide bonds. The highest BCUT2D eigenvalue weighted by atomic mass is 32.2. The zero-order valence-electron chi connectivity index (χ0n) is 14.1. The van der Waals surface area contributed by atoms with Gasteiger partial charge in [0, 0.05) is 41.0 Å². The van der Waals surface area contributed by atoms with Crippen molar-refractivity contribution < 1.29 is 31.8 Å². The number of nitrogens with one attached hydrogen (secondary N) is 1. The third-order valence-electron chi connectivity index (χ3n) is 3.64. The summed E-state index contributed by atoms with van der Waals surface area (Å²) >= 11 is -2.86. The van der Waals surface area contributed by atoms with E-state index in [0.29, 0.717) is 22.4 Å². The maximum Gasteiger partial charge on any atom is 0.162 e. The van der Waals surface area contributed by atoms with E-state index >= 15 is 0 Å². The van der Waals surface area contributed by atoms with E-state index in [0.717, 1.165) is 12.1 Å². The third-order valence-corrected chi connectivity index (χ3v) is 4.01. The van der Waals surface area contributed by atoms with Gasteiger partial charge in [0.25, 0.3) is 0 Å². The Morgan fingerprint density at radius 2 is 1.67 bits per heavy atom. The number of pyridine rings is 1. The first-order chi connectivity index (χ1) is 12.9. The van der Waals surface area contributed by atoms with Crippen molar-refractivity contribution in [1.29, 1.82) is 0 Å². The van der Waals surface area contributed by atoms with Crippen molar-refractivity contribution in [2.24, 2.45) is 0 Å². The number of aromatic nitrogens is 1. The molecule has 1 unspecified atom stereocenters. The lowest BCUT2D eigenvalue weighted by molar-refractivity contribution is 0.355. The van der Waals surface area contributed by atoms with Gasteiger partial charge in [0.15, 0.2) is 23.1 Å². The molecule has 0 aliphatic carbocycles. The van der Waals surface area contributed by atoms with Gasteiger partial charge >= 0.3 is 0 Å². The number of hydrogen-bond donors (Lipinski definition) is 1. The first-order valence-corrected chi connectivity index (χ1v) is 8.54. The highest BCUT2D eigenvalue weighted by Crippen LogP contribution is 2.37. The van der Waals surface area contributed by atoms with Gasteiger partial charge in [-0.1, -0.05) is 0 Å². The van der Waals surface area contributed by atoms with Crippen molar-refractivity contribution in [2.45, 2.75) is 0 Å². The summed E-state index contributed by atoms with van der Waals surface area (Å²) in [6, 6.07) is 6.51. The van der Waals surface area contributed by atoms with Crippen LogP contribution in [0, 0.1) is 11.6 Å². The van der Waals surface area contributed by atoms with Crippen LogP contribution in [0.3, 0.4) is 0 Å². The van der Waals surface area contributed by atoms with Gasteiger partial charge in [-0.05, 0) is 12.1 Å². The Bertz CT molecular complexity index is 1010. The van der Waals surface area contributed by atoms with Crippen LogP contribution in [-0.4, -0.2) is 28.0 Å². The fourth-order valence-corrected chi connectivity index (χ4v) is 2.81. The van der Waals surface area contributed by atoms with Gasteiger partial charge in [0.05, 0.1) is 19.7 Å². The second-order valence-corrected chi connectivity index (χ2v) is 5.91. The standard InChI is InChI=1S/C17H14F2N2O5S/c1-24-15-7-10-13(8-16(15)25-2)20-4-3-14(10)26-9-5-11(18)17(12(19)6-9)21-27(22)23/h3-8,21H,1-2H3,(H,22,23)/p-1. The largest absolute Gasteiger partial charge is 0.755 e. The molecular weight excluding hydrogens is 382 g/mol. The molecule has 7 nitrogen and oxygen atoms in total. The molecule has 1 atom stereocenters. The van der Waals surface area contributed by atoms with E-state index in [1.807, 2.05) is 0 Å². The molecule has 0 radical (unpaired) electrons. The smallest absolute Gasteiger partial charge is 0.162 e. The fraction of sp³-hybridized carbons (Fsp3) is 0.118. The van der Waals surface area contributed by atoms with Crippen LogP contribution >= 0.6 is 0 Å². The molecule has 0 aliphatic heterocycles. The summed E-state index contributed by atoms with van der Waals surface area (Å²) in [7, 11) is 2.96. The fourth-order valence-electron chi connectivity index (χ4n) is 2.45. The summed E-state index contributed by atoms with van der Waals surface area (Å²) in [5.41, 5.74) is -0.271. The maximum absolute atomic E-state index is 14.0. The molecule has 1 aromatic heterocycles. The van der Waals surface area contributed by atoms with E-state index < -0.39 is 28.6 Å². The SMILES string of the molecule is COc1cc2nccc(Oc3cc(F)c(NS(=O)[O-])c(F)c3)c2cc1OC. The van der Waals surface area contributed by atoms with E-state index in [4.69, 9.17) is 14.2 Å². The molecular formula is C17H13F2N2O5S-. The highest BCUT2D eigenvalue weighted by Gasteiger charge is 2.15. The van der Waals surface area contributed by atoms with Crippen molar-refractivity contribution in [1.82, 2.24) is 4.98 Å².